The molecule has 1 aromatic carbocycles. The number of benzene rings is 1. The lowest BCUT2D eigenvalue weighted by Crippen LogP contribution is -2.10. The van der Waals surface area contributed by atoms with Gasteiger partial charge in [-0.05, 0) is 39.0 Å². The van der Waals surface area contributed by atoms with Crippen LogP contribution >= 0.6 is 0 Å². The van der Waals surface area contributed by atoms with E-state index in [1.807, 2.05) is 30.3 Å². The van der Waals surface area contributed by atoms with Crippen molar-refractivity contribution in [2.45, 2.75) is 40.2 Å². The first-order valence-electron chi connectivity index (χ1n) is 7.00. The molecule has 6 nitrogen and oxygen atoms in total. The number of carboxylic acid groups (broad SMARTS) is 1. The van der Waals surface area contributed by atoms with Crippen molar-refractivity contribution in [2.24, 2.45) is 5.92 Å². The standard InChI is InChI=1S/C11H16N2O.C5H7NO2/c1-8(2)12-10-5-4-6-11(7-10)13-9(3)14;1-4(3-6)2-5(7)8/h4-8,12H,1-3H3,(H,13,14);4H,2H2,1H3,(H,7,8). The molecule has 0 radical (unpaired) electrons. The summed E-state index contributed by atoms with van der Waals surface area (Å²) in [7, 11) is 0. The van der Waals surface area contributed by atoms with E-state index >= 15 is 0 Å². The zero-order valence-corrected chi connectivity index (χ0v) is 13.4. The zero-order chi connectivity index (χ0) is 17.1. The summed E-state index contributed by atoms with van der Waals surface area (Å²) in [6.07, 6.45) is -0.0590. The zero-order valence-electron chi connectivity index (χ0n) is 13.4. The van der Waals surface area contributed by atoms with E-state index in [2.05, 4.69) is 24.5 Å². The maximum atomic E-state index is 10.8. The van der Waals surface area contributed by atoms with Crippen LogP contribution in [0.1, 0.15) is 34.1 Å². The number of amides is 1. The molecule has 0 aliphatic rings. The summed E-state index contributed by atoms with van der Waals surface area (Å²) in [6, 6.07) is 9.88. The molecule has 0 aliphatic heterocycles. The molecule has 0 saturated heterocycles. The van der Waals surface area contributed by atoms with Crippen molar-refractivity contribution >= 4 is 23.3 Å². The molecule has 6 heteroatoms. The molecule has 1 aromatic rings. The Labute approximate surface area is 131 Å². The van der Waals surface area contributed by atoms with Gasteiger partial charge in [-0.15, -0.1) is 0 Å². The fraction of sp³-hybridized carbons (Fsp3) is 0.438. The van der Waals surface area contributed by atoms with Crippen LogP contribution in [0, 0.1) is 17.2 Å². The smallest absolute Gasteiger partial charge is 0.304 e. The Bertz CT molecular complexity index is 536. The lowest BCUT2D eigenvalue weighted by atomic mass is 10.1. The molecule has 120 valence electrons. The van der Waals surface area contributed by atoms with Gasteiger partial charge in [0.2, 0.25) is 5.91 Å². The highest BCUT2D eigenvalue weighted by Gasteiger charge is 2.03. The summed E-state index contributed by atoms with van der Waals surface area (Å²) in [5.41, 5.74) is 1.84. The first-order valence-corrected chi connectivity index (χ1v) is 7.00. The SMILES string of the molecule is CC(=O)Nc1cccc(NC(C)C)c1.CC(C#N)CC(=O)O. The minimum absolute atomic E-state index is 0.0494. The van der Waals surface area contributed by atoms with Gasteiger partial charge in [-0.1, -0.05) is 6.07 Å². The van der Waals surface area contributed by atoms with Crippen LogP contribution in [0.2, 0.25) is 0 Å². The van der Waals surface area contributed by atoms with Crippen LogP contribution in [0.3, 0.4) is 0 Å². The van der Waals surface area contributed by atoms with Gasteiger partial charge < -0.3 is 15.7 Å². The molecule has 22 heavy (non-hydrogen) atoms. The molecule has 3 N–H and O–H groups in total. The average Bonchev–Trinajstić information content (AvgIpc) is 2.37. The Morgan fingerprint density at radius 2 is 1.86 bits per heavy atom. The largest absolute Gasteiger partial charge is 0.481 e. The van der Waals surface area contributed by atoms with Crippen molar-refractivity contribution in [3.05, 3.63) is 24.3 Å². The van der Waals surface area contributed by atoms with Crippen molar-refractivity contribution in [2.75, 3.05) is 10.6 Å². The third-order valence-corrected chi connectivity index (χ3v) is 2.34. The second kappa shape index (κ2) is 10.2. The third kappa shape index (κ3) is 10.3. The Hall–Kier alpha value is -2.55. The molecule has 1 rings (SSSR count). The number of carboxylic acids is 1. The summed E-state index contributed by atoms with van der Waals surface area (Å²) in [6.45, 7) is 7.23. The van der Waals surface area contributed by atoms with Crippen LogP contribution in [0.25, 0.3) is 0 Å². The summed E-state index contributed by atoms with van der Waals surface area (Å²) in [5.74, 6) is -1.33. The van der Waals surface area contributed by atoms with Gasteiger partial charge in [0, 0.05) is 24.3 Å². The van der Waals surface area contributed by atoms with Crippen LogP contribution in [-0.2, 0) is 9.59 Å². The molecular formula is C16H23N3O3. The summed E-state index contributed by atoms with van der Waals surface area (Å²) in [5, 5.41) is 22.1. The van der Waals surface area contributed by atoms with Gasteiger partial charge in [-0.3, -0.25) is 9.59 Å². The fourth-order valence-corrected chi connectivity index (χ4v) is 1.53. The Balaban J connectivity index is 0.000000472. The van der Waals surface area contributed by atoms with Crippen molar-refractivity contribution < 1.29 is 14.7 Å². The van der Waals surface area contributed by atoms with Gasteiger partial charge in [0.1, 0.15) is 0 Å². The number of nitriles is 1. The van der Waals surface area contributed by atoms with Crippen molar-refractivity contribution in [3.8, 4) is 6.07 Å². The molecule has 0 fully saturated rings. The van der Waals surface area contributed by atoms with E-state index in [1.165, 1.54) is 6.92 Å². The van der Waals surface area contributed by atoms with Crippen molar-refractivity contribution in [3.63, 3.8) is 0 Å². The van der Waals surface area contributed by atoms with E-state index in [0.717, 1.165) is 11.4 Å². The minimum atomic E-state index is -0.918. The van der Waals surface area contributed by atoms with Crippen LogP contribution in [0.15, 0.2) is 24.3 Å². The van der Waals surface area contributed by atoms with Crippen LogP contribution in [0.4, 0.5) is 11.4 Å². The number of aliphatic carboxylic acids is 1. The highest BCUT2D eigenvalue weighted by molar-refractivity contribution is 5.89. The van der Waals surface area contributed by atoms with Crippen molar-refractivity contribution in [1.82, 2.24) is 0 Å². The number of carbonyl (C=O) groups excluding carboxylic acids is 1. The number of hydrogen-bond donors (Lipinski definition) is 3. The van der Waals surface area contributed by atoms with E-state index in [0.29, 0.717) is 6.04 Å². The number of hydrogen-bond acceptors (Lipinski definition) is 4. The molecule has 0 spiro atoms. The van der Waals surface area contributed by atoms with Gasteiger partial charge in [-0.2, -0.15) is 5.26 Å². The van der Waals surface area contributed by atoms with Gasteiger partial charge >= 0.3 is 5.97 Å². The maximum Gasteiger partial charge on any atom is 0.304 e. The van der Waals surface area contributed by atoms with E-state index in [9.17, 15) is 9.59 Å². The number of rotatable bonds is 5. The topological polar surface area (TPSA) is 102 Å². The molecule has 1 atom stereocenters. The first kappa shape index (κ1) is 19.4. The third-order valence-electron chi connectivity index (χ3n) is 2.34. The fourth-order valence-electron chi connectivity index (χ4n) is 1.53. The Morgan fingerprint density at radius 1 is 1.27 bits per heavy atom. The monoisotopic (exact) mass is 305 g/mol. The van der Waals surface area contributed by atoms with E-state index in [-0.39, 0.29) is 18.2 Å². The van der Waals surface area contributed by atoms with Crippen LogP contribution in [0.5, 0.6) is 0 Å². The summed E-state index contributed by atoms with van der Waals surface area (Å²) < 4.78 is 0. The highest BCUT2D eigenvalue weighted by atomic mass is 16.4. The molecule has 0 aromatic heterocycles. The number of nitrogens with one attached hydrogen (secondary N) is 2. The molecule has 0 aliphatic carbocycles. The maximum absolute atomic E-state index is 10.8. The van der Waals surface area contributed by atoms with E-state index in [1.54, 1.807) is 6.92 Å². The number of anilines is 2. The van der Waals surface area contributed by atoms with Gasteiger partial charge in [0.25, 0.3) is 0 Å². The normalized spacial score (nSPS) is 10.7. The van der Waals surface area contributed by atoms with E-state index in [4.69, 9.17) is 10.4 Å². The highest BCUT2D eigenvalue weighted by Crippen LogP contribution is 2.15. The second-order valence-corrected chi connectivity index (χ2v) is 5.19. The van der Waals surface area contributed by atoms with Gasteiger partial charge in [0.15, 0.2) is 0 Å². The number of nitrogens with zero attached hydrogens (tertiary/aromatic N) is 1. The summed E-state index contributed by atoms with van der Waals surface area (Å²) >= 11 is 0. The van der Waals surface area contributed by atoms with Crippen LogP contribution in [-0.4, -0.2) is 23.0 Å². The lowest BCUT2D eigenvalue weighted by Gasteiger charge is -2.11. The molecule has 1 unspecified atom stereocenters. The van der Waals surface area contributed by atoms with Gasteiger partial charge in [0.05, 0.1) is 18.4 Å². The predicted octanol–water partition coefficient (Wildman–Crippen LogP) is 3.09. The van der Waals surface area contributed by atoms with Gasteiger partial charge in [-0.25, -0.2) is 0 Å². The molecule has 0 heterocycles. The van der Waals surface area contributed by atoms with E-state index < -0.39 is 5.97 Å². The minimum Gasteiger partial charge on any atom is -0.481 e. The Kier molecular flexibility index (Phi) is 9.03. The molecular weight excluding hydrogens is 282 g/mol. The summed E-state index contributed by atoms with van der Waals surface area (Å²) in [4.78, 5) is 20.6. The molecule has 1 amide bonds. The second-order valence-electron chi connectivity index (χ2n) is 5.19. The lowest BCUT2D eigenvalue weighted by molar-refractivity contribution is -0.137. The van der Waals surface area contributed by atoms with Crippen molar-refractivity contribution in [1.29, 1.82) is 5.26 Å². The molecule has 0 saturated carbocycles. The number of carbonyl (C=O) groups is 2. The quantitative estimate of drug-likeness (QED) is 0.775. The predicted molar refractivity (Wildman–Crippen MR) is 86.5 cm³/mol. The van der Waals surface area contributed by atoms with Crippen LogP contribution < -0.4 is 10.6 Å². The Morgan fingerprint density at radius 3 is 2.27 bits per heavy atom. The first-order chi connectivity index (χ1) is 10.2. The average molecular weight is 305 g/mol. The molecule has 0 bridgehead atoms.